The largest absolute Gasteiger partial charge is 0.340 e. The molecule has 1 heterocycles. The SMILES string of the molecule is CC(=O)N1CCNC(c2ccc(C)cc2)C1. The minimum absolute atomic E-state index is 0.165. The Morgan fingerprint density at radius 2 is 2.06 bits per heavy atom. The van der Waals surface area contributed by atoms with Crippen LogP contribution < -0.4 is 5.32 Å². The Kier molecular flexibility index (Phi) is 3.25. The number of carbonyl (C=O) groups excluding carboxylic acids is 1. The summed E-state index contributed by atoms with van der Waals surface area (Å²) in [6, 6.07) is 8.78. The number of nitrogens with one attached hydrogen (secondary N) is 1. The van der Waals surface area contributed by atoms with E-state index in [1.54, 1.807) is 6.92 Å². The fourth-order valence-electron chi connectivity index (χ4n) is 2.06. The normalized spacial score (nSPS) is 20.9. The first kappa shape index (κ1) is 11.1. The van der Waals surface area contributed by atoms with Gasteiger partial charge in [0.05, 0.1) is 0 Å². The summed E-state index contributed by atoms with van der Waals surface area (Å²) in [7, 11) is 0. The molecule has 0 saturated carbocycles. The number of piperazine rings is 1. The number of rotatable bonds is 1. The molecule has 1 saturated heterocycles. The van der Waals surface area contributed by atoms with Crippen molar-refractivity contribution in [1.82, 2.24) is 10.2 Å². The third-order valence-corrected chi connectivity index (χ3v) is 3.10. The lowest BCUT2D eigenvalue weighted by Crippen LogP contribution is -2.47. The van der Waals surface area contributed by atoms with E-state index in [-0.39, 0.29) is 11.9 Å². The van der Waals surface area contributed by atoms with E-state index >= 15 is 0 Å². The maximum absolute atomic E-state index is 11.3. The molecular formula is C13H18N2O. The molecule has 3 heteroatoms. The summed E-state index contributed by atoms with van der Waals surface area (Å²) in [5.74, 6) is 0.165. The Bertz CT molecular complexity index is 372. The topological polar surface area (TPSA) is 32.3 Å². The summed E-state index contributed by atoms with van der Waals surface area (Å²) in [4.78, 5) is 13.2. The molecule has 1 aliphatic heterocycles. The number of nitrogens with zero attached hydrogens (tertiary/aromatic N) is 1. The van der Waals surface area contributed by atoms with Crippen molar-refractivity contribution in [3.8, 4) is 0 Å². The van der Waals surface area contributed by atoms with Gasteiger partial charge in [0.2, 0.25) is 5.91 Å². The first-order valence-corrected chi connectivity index (χ1v) is 5.72. The molecular weight excluding hydrogens is 200 g/mol. The van der Waals surface area contributed by atoms with Crippen LogP contribution in [0, 0.1) is 6.92 Å². The van der Waals surface area contributed by atoms with Gasteiger partial charge in [-0.15, -0.1) is 0 Å². The van der Waals surface area contributed by atoms with Crippen LogP contribution in [0.25, 0.3) is 0 Å². The Morgan fingerprint density at radius 1 is 1.38 bits per heavy atom. The molecule has 1 unspecified atom stereocenters. The molecule has 1 amide bonds. The Labute approximate surface area is 96.5 Å². The van der Waals surface area contributed by atoms with Crippen LogP contribution in [0.15, 0.2) is 24.3 Å². The van der Waals surface area contributed by atoms with Gasteiger partial charge in [-0.3, -0.25) is 4.79 Å². The van der Waals surface area contributed by atoms with E-state index in [0.717, 1.165) is 19.6 Å². The zero-order valence-electron chi connectivity index (χ0n) is 9.86. The van der Waals surface area contributed by atoms with Gasteiger partial charge in [-0.25, -0.2) is 0 Å². The van der Waals surface area contributed by atoms with E-state index in [1.165, 1.54) is 11.1 Å². The van der Waals surface area contributed by atoms with Gasteiger partial charge in [-0.05, 0) is 12.5 Å². The third kappa shape index (κ3) is 2.42. The highest BCUT2D eigenvalue weighted by atomic mass is 16.2. The Hall–Kier alpha value is -1.35. The molecule has 1 atom stereocenters. The molecule has 0 spiro atoms. The van der Waals surface area contributed by atoms with Crippen molar-refractivity contribution in [2.45, 2.75) is 19.9 Å². The van der Waals surface area contributed by atoms with Crippen LogP contribution in [-0.2, 0) is 4.79 Å². The van der Waals surface area contributed by atoms with Gasteiger partial charge >= 0.3 is 0 Å². The van der Waals surface area contributed by atoms with Crippen molar-refractivity contribution in [3.63, 3.8) is 0 Å². The average molecular weight is 218 g/mol. The van der Waals surface area contributed by atoms with E-state index in [0.29, 0.717) is 0 Å². The highest BCUT2D eigenvalue weighted by Crippen LogP contribution is 2.17. The summed E-state index contributed by atoms with van der Waals surface area (Å²) < 4.78 is 0. The van der Waals surface area contributed by atoms with E-state index in [1.807, 2.05) is 4.90 Å². The molecule has 1 aromatic rings. The average Bonchev–Trinajstić information content (AvgIpc) is 2.30. The predicted octanol–water partition coefficient (Wildman–Crippen LogP) is 1.49. The molecule has 0 aliphatic carbocycles. The highest BCUT2D eigenvalue weighted by Gasteiger charge is 2.21. The second kappa shape index (κ2) is 4.66. The van der Waals surface area contributed by atoms with Crippen molar-refractivity contribution in [3.05, 3.63) is 35.4 Å². The van der Waals surface area contributed by atoms with Crippen LogP contribution in [0.2, 0.25) is 0 Å². The zero-order chi connectivity index (χ0) is 11.5. The molecule has 16 heavy (non-hydrogen) atoms. The van der Waals surface area contributed by atoms with Crippen molar-refractivity contribution in [2.75, 3.05) is 19.6 Å². The maximum Gasteiger partial charge on any atom is 0.219 e. The summed E-state index contributed by atoms with van der Waals surface area (Å²) in [6.45, 7) is 6.19. The Balaban J connectivity index is 2.09. The molecule has 1 fully saturated rings. The predicted molar refractivity (Wildman–Crippen MR) is 64.2 cm³/mol. The minimum atomic E-state index is 0.165. The number of amides is 1. The molecule has 1 aromatic carbocycles. The third-order valence-electron chi connectivity index (χ3n) is 3.10. The van der Waals surface area contributed by atoms with E-state index in [2.05, 4.69) is 36.5 Å². The van der Waals surface area contributed by atoms with Crippen LogP contribution in [0.4, 0.5) is 0 Å². The minimum Gasteiger partial charge on any atom is -0.340 e. The summed E-state index contributed by atoms with van der Waals surface area (Å²) in [5, 5.41) is 3.45. The summed E-state index contributed by atoms with van der Waals surface area (Å²) >= 11 is 0. The zero-order valence-corrected chi connectivity index (χ0v) is 9.86. The van der Waals surface area contributed by atoms with Crippen molar-refractivity contribution in [1.29, 1.82) is 0 Å². The highest BCUT2D eigenvalue weighted by molar-refractivity contribution is 5.73. The van der Waals surface area contributed by atoms with E-state index in [9.17, 15) is 4.79 Å². The first-order valence-electron chi connectivity index (χ1n) is 5.72. The van der Waals surface area contributed by atoms with Crippen LogP contribution in [0.5, 0.6) is 0 Å². The van der Waals surface area contributed by atoms with Gasteiger partial charge in [-0.1, -0.05) is 29.8 Å². The Morgan fingerprint density at radius 3 is 2.69 bits per heavy atom. The molecule has 86 valence electrons. The number of benzene rings is 1. The van der Waals surface area contributed by atoms with Gasteiger partial charge in [0.25, 0.3) is 0 Å². The lowest BCUT2D eigenvalue weighted by atomic mass is 10.0. The lowest BCUT2D eigenvalue weighted by molar-refractivity contribution is -0.130. The molecule has 0 bridgehead atoms. The van der Waals surface area contributed by atoms with E-state index in [4.69, 9.17) is 0 Å². The van der Waals surface area contributed by atoms with Crippen molar-refractivity contribution in [2.24, 2.45) is 0 Å². The van der Waals surface area contributed by atoms with Crippen LogP contribution >= 0.6 is 0 Å². The number of hydrogen-bond donors (Lipinski definition) is 1. The van der Waals surface area contributed by atoms with Gasteiger partial charge in [0, 0.05) is 32.6 Å². The van der Waals surface area contributed by atoms with Gasteiger partial charge < -0.3 is 10.2 Å². The fourth-order valence-corrected chi connectivity index (χ4v) is 2.06. The van der Waals surface area contributed by atoms with Gasteiger partial charge in [0.15, 0.2) is 0 Å². The van der Waals surface area contributed by atoms with Crippen LogP contribution in [0.1, 0.15) is 24.1 Å². The second-order valence-electron chi connectivity index (χ2n) is 4.38. The van der Waals surface area contributed by atoms with Crippen molar-refractivity contribution < 1.29 is 4.79 Å². The number of aryl methyl sites for hydroxylation is 1. The fraction of sp³-hybridized carbons (Fsp3) is 0.462. The quantitative estimate of drug-likeness (QED) is 0.774. The molecule has 0 radical (unpaired) electrons. The number of carbonyl (C=O) groups is 1. The molecule has 3 nitrogen and oxygen atoms in total. The van der Waals surface area contributed by atoms with Gasteiger partial charge in [-0.2, -0.15) is 0 Å². The first-order chi connectivity index (χ1) is 7.66. The summed E-state index contributed by atoms with van der Waals surface area (Å²) in [5.41, 5.74) is 2.53. The molecule has 0 aromatic heterocycles. The monoisotopic (exact) mass is 218 g/mol. The lowest BCUT2D eigenvalue weighted by Gasteiger charge is -2.33. The van der Waals surface area contributed by atoms with E-state index < -0.39 is 0 Å². The van der Waals surface area contributed by atoms with Gasteiger partial charge in [0.1, 0.15) is 0 Å². The smallest absolute Gasteiger partial charge is 0.219 e. The summed E-state index contributed by atoms with van der Waals surface area (Å²) in [6.07, 6.45) is 0. The number of hydrogen-bond acceptors (Lipinski definition) is 2. The molecule has 1 aliphatic rings. The maximum atomic E-state index is 11.3. The standard InChI is InChI=1S/C13H18N2O/c1-10-3-5-12(6-4-10)13-9-15(11(2)16)8-7-14-13/h3-6,13-14H,7-9H2,1-2H3. The molecule has 2 rings (SSSR count). The van der Waals surface area contributed by atoms with Crippen LogP contribution in [0.3, 0.4) is 0 Å². The van der Waals surface area contributed by atoms with Crippen molar-refractivity contribution >= 4 is 5.91 Å². The second-order valence-corrected chi connectivity index (χ2v) is 4.38. The van der Waals surface area contributed by atoms with Crippen LogP contribution in [-0.4, -0.2) is 30.4 Å². The molecule has 1 N–H and O–H groups in total.